The average Bonchev–Trinajstić information content (AvgIpc) is 2.81. The van der Waals surface area contributed by atoms with Crippen molar-refractivity contribution >= 4 is 5.78 Å². The minimum absolute atomic E-state index is 0.234. The second-order valence-electron chi connectivity index (χ2n) is 3.27. The highest BCUT2D eigenvalue weighted by molar-refractivity contribution is 5.84. The lowest BCUT2D eigenvalue weighted by molar-refractivity contribution is -0.126. The molecule has 64 valence electrons. The number of rotatable bonds is 5. The summed E-state index contributed by atoms with van der Waals surface area (Å²) in [6.45, 7) is 4.39. The molecule has 1 aliphatic rings. The molecule has 2 nitrogen and oxygen atoms in total. The van der Waals surface area contributed by atoms with E-state index in [0.29, 0.717) is 18.3 Å². The molecule has 0 aromatic heterocycles. The van der Waals surface area contributed by atoms with E-state index in [1.807, 2.05) is 6.92 Å². The molecule has 1 atom stereocenters. The van der Waals surface area contributed by atoms with E-state index in [9.17, 15) is 4.79 Å². The molecule has 0 aromatic rings. The van der Waals surface area contributed by atoms with E-state index in [1.54, 1.807) is 0 Å². The molecule has 0 spiro atoms. The van der Waals surface area contributed by atoms with Gasteiger partial charge in [0.25, 0.3) is 0 Å². The molecular weight excluding hydrogens is 140 g/mol. The zero-order valence-corrected chi connectivity index (χ0v) is 7.30. The third-order valence-electron chi connectivity index (χ3n) is 2.12. The van der Waals surface area contributed by atoms with Crippen LogP contribution in [0.25, 0.3) is 0 Å². The Bertz CT molecular complexity index is 138. The lowest BCUT2D eigenvalue weighted by atomic mass is 10.3. The molecule has 2 heteroatoms. The second-order valence-corrected chi connectivity index (χ2v) is 3.27. The van der Waals surface area contributed by atoms with Gasteiger partial charge in [-0.1, -0.05) is 6.92 Å². The predicted molar refractivity (Wildman–Crippen MR) is 43.4 cm³/mol. The zero-order chi connectivity index (χ0) is 8.27. The van der Waals surface area contributed by atoms with Gasteiger partial charge in [0.15, 0.2) is 5.78 Å². The number of ether oxygens (including phenoxy) is 1. The number of carbonyl (C=O) groups excluding carboxylic acids is 1. The summed E-state index contributed by atoms with van der Waals surface area (Å²) in [7, 11) is 0. The van der Waals surface area contributed by atoms with Crippen LogP contribution >= 0.6 is 0 Å². The van der Waals surface area contributed by atoms with Crippen LogP contribution < -0.4 is 0 Å². The van der Waals surface area contributed by atoms with Crippen LogP contribution in [0.1, 0.15) is 33.1 Å². The number of Topliss-reactive ketones (excluding diaryl/α,β-unsaturated/α-hetero) is 1. The molecule has 11 heavy (non-hydrogen) atoms. The Morgan fingerprint density at radius 3 is 2.73 bits per heavy atom. The molecule has 0 radical (unpaired) electrons. The first-order chi connectivity index (χ1) is 5.24. The summed E-state index contributed by atoms with van der Waals surface area (Å²) >= 11 is 0. The van der Waals surface area contributed by atoms with Crippen LogP contribution in [-0.2, 0) is 9.53 Å². The molecule has 0 saturated heterocycles. The second kappa shape index (κ2) is 3.86. The lowest BCUT2D eigenvalue weighted by Gasteiger charge is -2.08. The Balaban J connectivity index is 2.05. The largest absolute Gasteiger partial charge is 0.371 e. The van der Waals surface area contributed by atoms with Crippen LogP contribution in [0.5, 0.6) is 0 Å². The fourth-order valence-electron chi connectivity index (χ4n) is 0.865. The van der Waals surface area contributed by atoms with Crippen molar-refractivity contribution < 1.29 is 9.53 Å². The molecular formula is C9H16O2. The van der Waals surface area contributed by atoms with Gasteiger partial charge in [-0.05, 0) is 26.2 Å². The first-order valence-corrected chi connectivity index (χ1v) is 4.38. The van der Waals surface area contributed by atoms with Gasteiger partial charge in [0.2, 0.25) is 0 Å². The Morgan fingerprint density at radius 1 is 1.64 bits per heavy atom. The van der Waals surface area contributed by atoms with E-state index >= 15 is 0 Å². The van der Waals surface area contributed by atoms with Crippen LogP contribution in [-0.4, -0.2) is 18.5 Å². The number of carbonyl (C=O) groups is 1. The highest BCUT2D eigenvalue weighted by atomic mass is 16.5. The summed E-state index contributed by atoms with van der Waals surface area (Å²) in [5.74, 6) is 0.643. The van der Waals surface area contributed by atoms with Crippen LogP contribution in [0.4, 0.5) is 0 Å². The SMILES string of the molecule is CCC(C)OCC(=O)C1CC1. The van der Waals surface area contributed by atoms with Gasteiger partial charge in [-0.15, -0.1) is 0 Å². The van der Waals surface area contributed by atoms with Crippen molar-refractivity contribution in [2.75, 3.05) is 6.61 Å². The fourth-order valence-corrected chi connectivity index (χ4v) is 0.865. The first kappa shape index (κ1) is 8.72. The van der Waals surface area contributed by atoms with Crippen molar-refractivity contribution in [2.45, 2.75) is 39.2 Å². The molecule has 0 aromatic carbocycles. The van der Waals surface area contributed by atoms with Crippen LogP contribution in [0.3, 0.4) is 0 Å². The highest BCUT2D eigenvalue weighted by Crippen LogP contribution is 2.29. The van der Waals surface area contributed by atoms with E-state index in [-0.39, 0.29) is 6.10 Å². The first-order valence-electron chi connectivity index (χ1n) is 4.38. The van der Waals surface area contributed by atoms with Gasteiger partial charge >= 0.3 is 0 Å². The maximum absolute atomic E-state index is 11.1. The molecule has 0 aliphatic heterocycles. The summed E-state index contributed by atoms with van der Waals surface area (Å²) < 4.78 is 5.30. The van der Waals surface area contributed by atoms with Crippen molar-refractivity contribution in [1.82, 2.24) is 0 Å². The van der Waals surface area contributed by atoms with Crippen LogP contribution in [0, 0.1) is 5.92 Å². The smallest absolute Gasteiger partial charge is 0.161 e. The summed E-state index contributed by atoms with van der Waals surface area (Å²) in [6, 6.07) is 0. The Labute approximate surface area is 67.9 Å². The van der Waals surface area contributed by atoms with E-state index in [4.69, 9.17) is 4.74 Å². The summed E-state index contributed by atoms with van der Waals surface area (Å²) in [6.07, 6.45) is 3.39. The van der Waals surface area contributed by atoms with Crippen molar-refractivity contribution in [2.24, 2.45) is 5.92 Å². The molecule has 1 rings (SSSR count). The molecule has 0 bridgehead atoms. The summed E-state index contributed by atoms with van der Waals surface area (Å²) in [5, 5.41) is 0. The maximum atomic E-state index is 11.1. The van der Waals surface area contributed by atoms with E-state index in [0.717, 1.165) is 19.3 Å². The quantitative estimate of drug-likeness (QED) is 0.606. The van der Waals surface area contributed by atoms with Gasteiger partial charge in [0.1, 0.15) is 6.61 Å². The Morgan fingerprint density at radius 2 is 2.27 bits per heavy atom. The molecule has 1 saturated carbocycles. The molecule has 1 aliphatic carbocycles. The van der Waals surface area contributed by atoms with Gasteiger partial charge in [-0.2, -0.15) is 0 Å². The zero-order valence-electron chi connectivity index (χ0n) is 7.30. The van der Waals surface area contributed by atoms with Crippen molar-refractivity contribution in [3.05, 3.63) is 0 Å². The summed E-state index contributed by atoms with van der Waals surface area (Å²) in [5.41, 5.74) is 0. The van der Waals surface area contributed by atoms with E-state index in [2.05, 4.69) is 6.92 Å². The Hall–Kier alpha value is -0.370. The van der Waals surface area contributed by atoms with Gasteiger partial charge in [-0.3, -0.25) is 4.79 Å². The fraction of sp³-hybridized carbons (Fsp3) is 0.889. The third kappa shape index (κ3) is 3.02. The van der Waals surface area contributed by atoms with Gasteiger partial charge < -0.3 is 4.74 Å². The highest BCUT2D eigenvalue weighted by Gasteiger charge is 2.29. The minimum atomic E-state index is 0.234. The number of hydrogen-bond acceptors (Lipinski definition) is 2. The predicted octanol–water partition coefficient (Wildman–Crippen LogP) is 1.78. The van der Waals surface area contributed by atoms with Gasteiger partial charge in [0.05, 0.1) is 6.10 Å². The molecule has 0 heterocycles. The molecule has 1 fully saturated rings. The van der Waals surface area contributed by atoms with Crippen molar-refractivity contribution in [3.63, 3.8) is 0 Å². The monoisotopic (exact) mass is 156 g/mol. The van der Waals surface area contributed by atoms with E-state index in [1.165, 1.54) is 0 Å². The standard InChI is InChI=1S/C9H16O2/c1-3-7(2)11-6-9(10)8-4-5-8/h7-8H,3-6H2,1-2H3. The maximum Gasteiger partial charge on any atom is 0.161 e. The van der Waals surface area contributed by atoms with Crippen LogP contribution in [0.15, 0.2) is 0 Å². The number of hydrogen-bond donors (Lipinski definition) is 0. The Kier molecular flexibility index (Phi) is 3.06. The minimum Gasteiger partial charge on any atom is -0.371 e. The lowest BCUT2D eigenvalue weighted by Crippen LogP contribution is -2.16. The molecule has 0 N–H and O–H groups in total. The van der Waals surface area contributed by atoms with Crippen LogP contribution in [0.2, 0.25) is 0 Å². The normalized spacial score (nSPS) is 19.8. The van der Waals surface area contributed by atoms with Crippen molar-refractivity contribution in [3.8, 4) is 0 Å². The molecule has 0 amide bonds. The van der Waals surface area contributed by atoms with Gasteiger partial charge in [-0.25, -0.2) is 0 Å². The van der Waals surface area contributed by atoms with Crippen molar-refractivity contribution in [1.29, 1.82) is 0 Å². The number of ketones is 1. The topological polar surface area (TPSA) is 26.3 Å². The molecule has 1 unspecified atom stereocenters. The van der Waals surface area contributed by atoms with Gasteiger partial charge in [0, 0.05) is 5.92 Å². The third-order valence-corrected chi connectivity index (χ3v) is 2.12. The summed E-state index contributed by atoms with van der Waals surface area (Å²) in [4.78, 5) is 11.1. The van der Waals surface area contributed by atoms with E-state index < -0.39 is 0 Å². The average molecular weight is 156 g/mol.